The van der Waals surface area contributed by atoms with Crippen molar-refractivity contribution in [3.8, 4) is 22.8 Å². The van der Waals surface area contributed by atoms with Crippen molar-refractivity contribution in [2.45, 2.75) is 13.3 Å². The number of pyridine rings is 2. The normalized spacial score (nSPS) is 14.3. The fourth-order valence-electron chi connectivity index (χ4n) is 4.15. The quantitative estimate of drug-likeness (QED) is 0.416. The van der Waals surface area contributed by atoms with Gasteiger partial charge in [0.15, 0.2) is 11.5 Å². The van der Waals surface area contributed by atoms with Crippen molar-refractivity contribution in [1.29, 1.82) is 0 Å². The second-order valence-corrected chi connectivity index (χ2v) is 7.86. The molecule has 0 saturated carbocycles. The summed E-state index contributed by atoms with van der Waals surface area (Å²) in [5, 5.41) is 11.0. The highest BCUT2D eigenvalue weighted by molar-refractivity contribution is 5.94. The topological polar surface area (TPSA) is 95.2 Å². The molecule has 3 N–H and O–H groups in total. The number of aromatic amines is 2. The lowest BCUT2D eigenvalue weighted by molar-refractivity contribution is 0.737. The van der Waals surface area contributed by atoms with E-state index in [0.717, 1.165) is 64.2 Å². The number of fused-ring (bicyclic) bond motifs is 2. The highest BCUT2D eigenvalue weighted by atomic mass is 15.2. The monoisotopic (exact) mass is 407 g/mol. The van der Waals surface area contributed by atoms with Crippen molar-refractivity contribution in [2.24, 2.45) is 0 Å². The van der Waals surface area contributed by atoms with Gasteiger partial charge in [-0.3, -0.25) is 10.1 Å². The van der Waals surface area contributed by atoms with Crippen LogP contribution in [-0.4, -0.2) is 43.2 Å². The third kappa shape index (κ3) is 3.10. The summed E-state index contributed by atoms with van der Waals surface area (Å²) in [5.41, 5.74) is 9.55. The van der Waals surface area contributed by atoms with Crippen LogP contribution in [0.3, 0.4) is 0 Å². The van der Waals surface area contributed by atoms with Gasteiger partial charge in [-0.1, -0.05) is 29.8 Å². The molecular weight excluding hydrogens is 386 g/mol. The fraction of sp³-hybridized carbons (Fsp3) is 0.167. The van der Waals surface area contributed by atoms with Gasteiger partial charge in [-0.15, -0.1) is 0 Å². The lowest BCUT2D eigenvalue weighted by Crippen LogP contribution is -2.20. The van der Waals surface area contributed by atoms with Gasteiger partial charge in [0, 0.05) is 18.3 Å². The summed E-state index contributed by atoms with van der Waals surface area (Å²) in [6, 6.07) is 14.4. The van der Waals surface area contributed by atoms with Gasteiger partial charge in [0.05, 0.1) is 22.4 Å². The van der Waals surface area contributed by atoms with Gasteiger partial charge in [0.25, 0.3) is 0 Å². The zero-order valence-electron chi connectivity index (χ0n) is 17.1. The Hall–Kier alpha value is -3.84. The number of nitrogens with one attached hydrogen (secondary N) is 3. The molecule has 152 valence electrons. The third-order valence-corrected chi connectivity index (χ3v) is 5.72. The first kappa shape index (κ1) is 18.0. The maximum atomic E-state index is 4.93. The Morgan fingerprint density at radius 2 is 1.87 bits per heavy atom. The Morgan fingerprint density at radius 1 is 0.935 bits per heavy atom. The molecule has 0 saturated heterocycles. The zero-order chi connectivity index (χ0) is 20.8. The largest absolute Gasteiger partial charge is 0.336 e. The molecule has 0 atom stereocenters. The van der Waals surface area contributed by atoms with Crippen molar-refractivity contribution >= 4 is 27.6 Å². The highest BCUT2D eigenvalue weighted by Crippen LogP contribution is 2.30. The first-order valence-corrected chi connectivity index (χ1v) is 10.4. The van der Waals surface area contributed by atoms with Crippen LogP contribution in [0.4, 0.5) is 0 Å². The molecule has 6 rings (SSSR count). The van der Waals surface area contributed by atoms with Crippen LogP contribution < -0.4 is 5.32 Å². The van der Waals surface area contributed by atoms with E-state index in [4.69, 9.17) is 9.97 Å². The van der Waals surface area contributed by atoms with Crippen molar-refractivity contribution in [2.75, 3.05) is 13.1 Å². The lowest BCUT2D eigenvalue weighted by atomic mass is 10.1. The molecule has 5 heterocycles. The Bertz CT molecular complexity index is 1460. The van der Waals surface area contributed by atoms with E-state index in [1.54, 1.807) is 0 Å². The van der Waals surface area contributed by atoms with Crippen LogP contribution in [0.25, 0.3) is 50.4 Å². The molecule has 1 aliphatic heterocycles. The second-order valence-electron chi connectivity index (χ2n) is 7.86. The van der Waals surface area contributed by atoms with E-state index in [-0.39, 0.29) is 0 Å². The number of H-pyrrole nitrogens is 2. The van der Waals surface area contributed by atoms with Crippen molar-refractivity contribution in [1.82, 2.24) is 35.5 Å². The van der Waals surface area contributed by atoms with Crippen LogP contribution in [-0.2, 0) is 0 Å². The summed E-state index contributed by atoms with van der Waals surface area (Å²) in [4.78, 5) is 17.8. The van der Waals surface area contributed by atoms with Gasteiger partial charge in [-0.2, -0.15) is 5.10 Å². The number of hydrogen-bond acceptors (Lipinski definition) is 5. The van der Waals surface area contributed by atoms with Crippen LogP contribution in [0, 0.1) is 6.92 Å². The van der Waals surface area contributed by atoms with Crippen LogP contribution in [0.15, 0.2) is 54.7 Å². The van der Waals surface area contributed by atoms with E-state index >= 15 is 0 Å². The van der Waals surface area contributed by atoms with E-state index in [9.17, 15) is 0 Å². The standard InChI is InChI=1S/C24H21N7/c1-14-3-2-4-16(13-14)20-21-18(9-12-26-20)28-24(29-21)23-22-19(30-31-23)6-5-17(27-22)15-7-10-25-11-8-15/h2-7,9,12-13,25H,8,10-11H2,1H3,(H,28,29)(H,30,31). The van der Waals surface area contributed by atoms with E-state index in [0.29, 0.717) is 5.82 Å². The van der Waals surface area contributed by atoms with Crippen LogP contribution in [0.5, 0.6) is 0 Å². The Morgan fingerprint density at radius 3 is 2.74 bits per heavy atom. The number of hydrogen-bond donors (Lipinski definition) is 3. The minimum Gasteiger partial charge on any atom is -0.336 e. The molecule has 0 unspecified atom stereocenters. The SMILES string of the molecule is Cc1cccc(-c2nccc3[nH]c(-c4n[nH]c5ccc(C6=CCNCC6)nc45)nc23)c1. The summed E-state index contributed by atoms with van der Waals surface area (Å²) in [5.74, 6) is 0.687. The number of benzene rings is 1. The van der Waals surface area contributed by atoms with Crippen molar-refractivity contribution in [3.63, 3.8) is 0 Å². The molecule has 0 radical (unpaired) electrons. The first-order valence-electron chi connectivity index (χ1n) is 10.4. The summed E-state index contributed by atoms with van der Waals surface area (Å²) >= 11 is 0. The van der Waals surface area contributed by atoms with Crippen molar-refractivity contribution < 1.29 is 0 Å². The highest BCUT2D eigenvalue weighted by Gasteiger charge is 2.18. The minimum atomic E-state index is 0.687. The summed E-state index contributed by atoms with van der Waals surface area (Å²) in [6.07, 6.45) is 4.99. The van der Waals surface area contributed by atoms with E-state index in [1.165, 1.54) is 11.1 Å². The van der Waals surface area contributed by atoms with Gasteiger partial charge in [-0.05, 0) is 49.7 Å². The molecule has 5 aromatic rings. The molecule has 4 aromatic heterocycles. The predicted octanol–water partition coefficient (Wildman–Crippen LogP) is 4.25. The van der Waals surface area contributed by atoms with Crippen LogP contribution >= 0.6 is 0 Å². The van der Waals surface area contributed by atoms with E-state index in [1.807, 2.05) is 24.4 Å². The van der Waals surface area contributed by atoms with Crippen LogP contribution in [0.2, 0.25) is 0 Å². The van der Waals surface area contributed by atoms with Gasteiger partial charge >= 0.3 is 0 Å². The number of nitrogens with zero attached hydrogens (tertiary/aromatic N) is 4. The minimum absolute atomic E-state index is 0.687. The van der Waals surface area contributed by atoms with Gasteiger partial charge in [0.2, 0.25) is 0 Å². The van der Waals surface area contributed by atoms with Crippen molar-refractivity contribution in [3.05, 3.63) is 66.0 Å². The number of imidazole rings is 1. The maximum Gasteiger partial charge on any atom is 0.161 e. The number of rotatable bonds is 3. The second kappa shape index (κ2) is 7.14. The van der Waals surface area contributed by atoms with Gasteiger partial charge in [-0.25, -0.2) is 9.97 Å². The molecule has 1 aliphatic rings. The van der Waals surface area contributed by atoms with Crippen LogP contribution in [0.1, 0.15) is 17.7 Å². The van der Waals surface area contributed by atoms with E-state index < -0.39 is 0 Å². The maximum absolute atomic E-state index is 4.93. The zero-order valence-corrected chi connectivity index (χ0v) is 17.1. The average Bonchev–Trinajstić information content (AvgIpc) is 3.43. The predicted molar refractivity (Wildman–Crippen MR) is 122 cm³/mol. The lowest BCUT2D eigenvalue weighted by Gasteiger charge is -2.13. The molecule has 0 fully saturated rings. The fourth-order valence-corrected chi connectivity index (χ4v) is 4.15. The summed E-state index contributed by atoms with van der Waals surface area (Å²) in [6.45, 7) is 3.93. The molecule has 0 spiro atoms. The molecule has 0 bridgehead atoms. The molecule has 31 heavy (non-hydrogen) atoms. The molecular formula is C24H21N7. The Labute approximate surface area is 178 Å². The Kier molecular flexibility index (Phi) is 4.14. The number of aromatic nitrogens is 6. The smallest absolute Gasteiger partial charge is 0.161 e. The average molecular weight is 407 g/mol. The van der Waals surface area contributed by atoms with E-state index in [2.05, 4.69) is 62.7 Å². The molecule has 0 amide bonds. The molecule has 1 aromatic carbocycles. The molecule has 7 nitrogen and oxygen atoms in total. The number of aryl methyl sites for hydroxylation is 1. The molecule has 0 aliphatic carbocycles. The first-order chi connectivity index (χ1) is 15.3. The van der Waals surface area contributed by atoms with Gasteiger partial charge in [0.1, 0.15) is 11.0 Å². The third-order valence-electron chi connectivity index (χ3n) is 5.72. The summed E-state index contributed by atoms with van der Waals surface area (Å²) < 4.78 is 0. The summed E-state index contributed by atoms with van der Waals surface area (Å²) in [7, 11) is 0. The van der Waals surface area contributed by atoms with Gasteiger partial charge < -0.3 is 10.3 Å². The Balaban J connectivity index is 1.49. The molecule has 7 heteroatoms.